The monoisotopic (exact) mass is 221 g/mol. The third-order valence-corrected chi connectivity index (χ3v) is 2.99. The van der Waals surface area contributed by atoms with Gasteiger partial charge in [0.05, 0.1) is 0 Å². The molecule has 0 aliphatic heterocycles. The lowest BCUT2D eigenvalue weighted by molar-refractivity contribution is 0.105. The second kappa shape index (κ2) is 5.35. The van der Waals surface area contributed by atoms with E-state index in [1.54, 1.807) is 0 Å². The van der Waals surface area contributed by atoms with E-state index in [2.05, 4.69) is 39.8 Å². The highest BCUT2D eigenvalue weighted by molar-refractivity contribution is 5.29. The normalized spacial score (nSPS) is 13.6. The van der Waals surface area contributed by atoms with Crippen molar-refractivity contribution in [3.63, 3.8) is 0 Å². The number of rotatable bonds is 5. The highest BCUT2D eigenvalue weighted by Gasteiger charge is 2.16. The minimum atomic E-state index is -0.103. The molecule has 0 aromatic heterocycles. The first-order valence-electron chi connectivity index (χ1n) is 6.03. The summed E-state index contributed by atoms with van der Waals surface area (Å²) >= 11 is 0. The first-order valence-corrected chi connectivity index (χ1v) is 6.03. The van der Waals surface area contributed by atoms with Crippen molar-refractivity contribution in [3.05, 3.63) is 29.8 Å². The van der Waals surface area contributed by atoms with E-state index in [-0.39, 0.29) is 11.6 Å². The Morgan fingerprint density at radius 3 is 2.19 bits per heavy atom. The van der Waals surface area contributed by atoms with Gasteiger partial charge in [0.15, 0.2) is 0 Å². The van der Waals surface area contributed by atoms with Crippen LogP contribution < -0.4 is 10.5 Å². The molecule has 2 nitrogen and oxygen atoms in total. The van der Waals surface area contributed by atoms with Gasteiger partial charge in [0.1, 0.15) is 11.4 Å². The van der Waals surface area contributed by atoms with Gasteiger partial charge in [0, 0.05) is 6.04 Å². The average Bonchev–Trinajstić information content (AvgIpc) is 2.28. The predicted octanol–water partition coefficient (Wildman–Crippen LogP) is 3.66. The zero-order valence-electron chi connectivity index (χ0n) is 10.8. The summed E-state index contributed by atoms with van der Waals surface area (Å²) in [6.07, 6.45) is 1.95. The molecular weight excluding hydrogens is 198 g/mol. The Balaban J connectivity index is 2.72. The minimum absolute atomic E-state index is 0.103. The van der Waals surface area contributed by atoms with Crippen LogP contribution in [0.2, 0.25) is 0 Å². The van der Waals surface area contributed by atoms with Gasteiger partial charge in [-0.2, -0.15) is 0 Å². The lowest BCUT2D eigenvalue weighted by atomic mass is 10.0. The maximum absolute atomic E-state index is 5.96. The van der Waals surface area contributed by atoms with Crippen LogP contribution >= 0.6 is 0 Å². The molecule has 1 rings (SSSR count). The minimum Gasteiger partial charge on any atom is -0.488 e. The van der Waals surface area contributed by atoms with Gasteiger partial charge in [-0.1, -0.05) is 26.0 Å². The summed E-state index contributed by atoms with van der Waals surface area (Å²) in [6.45, 7) is 8.41. The smallest absolute Gasteiger partial charge is 0.120 e. The molecule has 0 fully saturated rings. The Labute approximate surface area is 98.8 Å². The van der Waals surface area contributed by atoms with Crippen molar-refractivity contribution in [1.29, 1.82) is 0 Å². The molecule has 2 N–H and O–H groups in total. The van der Waals surface area contributed by atoms with Gasteiger partial charge < -0.3 is 10.5 Å². The summed E-state index contributed by atoms with van der Waals surface area (Å²) in [5.41, 5.74) is 7.02. The first kappa shape index (κ1) is 13.0. The molecule has 0 heterocycles. The summed E-state index contributed by atoms with van der Waals surface area (Å²) in [5.74, 6) is 0.916. The molecular formula is C14H23NO. The van der Waals surface area contributed by atoms with Gasteiger partial charge in [-0.15, -0.1) is 0 Å². The molecule has 1 aromatic rings. The van der Waals surface area contributed by atoms with Gasteiger partial charge in [0.2, 0.25) is 0 Å². The SMILES string of the molecule is CCC(N)c1ccc(OC(C)(C)CC)cc1. The van der Waals surface area contributed by atoms with E-state index in [0.717, 1.165) is 18.6 Å². The van der Waals surface area contributed by atoms with E-state index in [1.165, 1.54) is 5.56 Å². The maximum atomic E-state index is 5.96. The van der Waals surface area contributed by atoms with Crippen LogP contribution in [0, 0.1) is 0 Å². The Kier molecular flexibility index (Phi) is 4.36. The van der Waals surface area contributed by atoms with Crippen LogP contribution in [0.25, 0.3) is 0 Å². The van der Waals surface area contributed by atoms with Gasteiger partial charge in [-0.25, -0.2) is 0 Å². The Morgan fingerprint density at radius 2 is 1.75 bits per heavy atom. The van der Waals surface area contributed by atoms with Crippen LogP contribution in [0.5, 0.6) is 5.75 Å². The van der Waals surface area contributed by atoms with Crippen LogP contribution in [0.1, 0.15) is 52.1 Å². The van der Waals surface area contributed by atoms with E-state index in [9.17, 15) is 0 Å². The molecule has 1 unspecified atom stereocenters. The quantitative estimate of drug-likeness (QED) is 0.823. The second-order valence-electron chi connectivity index (χ2n) is 4.80. The van der Waals surface area contributed by atoms with Crippen LogP contribution in [0.3, 0.4) is 0 Å². The van der Waals surface area contributed by atoms with Crippen molar-refractivity contribution in [1.82, 2.24) is 0 Å². The number of hydrogen-bond acceptors (Lipinski definition) is 2. The van der Waals surface area contributed by atoms with Crippen molar-refractivity contribution < 1.29 is 4.74 Å². The van der Waals surface area contributed by atoms with E-state index < -0.39 is 0 Å². The number of ether oxygens (including phenoxy) is 1. The zero-order valence-corrected chi connectivity index (χ0v) is 10.8. The highest BCUT2D eigenvalue weighted by Crippen LogP contribution is 2.23. The second-order valence-corrected chi connectivity index (χ2v) is 4.80. The van der Waals surface area contributed by atoms with Crippen LogP contribution in [-0.2, 0) is 0 Å². The largest absolute Gasteiger partial charge is 0.488 e. The Morgan fingerprint density at radius 1 is 1.19 bits per heavy atom. The highest BCUT2D eigenvalue weighted by atomic mass is 16.5. The lowest BCUT2D eigenvalue weighted by Crippen LogP contribution is -2.26. The molecule has 0 spiro atoms. The van der Waals surface area contributed by atoms with Gasteiger partial charge in [0.25, 0.3) is 0 Å². The van der Waals surface area contributed by atoms with E-state index in [4.69, 9.17) is 10.5 Å². The van der Waals surface area contributed by atoms with Crippen molar-refractivity contribution in [2.24, 2.45) is 5.73 Å². The molecule has 0 saturated heterocycles. The fourth-order valence-corrected chi connectivity index (χ4v) is 1.41. The zero-order chi connectivity index (χ0) is 12.2. The summed E-state index contributed by atoms with van der Waals surface area (Å²) < 4.78 is 5.88. The molecule has 90 valence electrons. The third-order valence-electron chi connectivity index (χ3n) is 2.99. The van der Waals surface area contributed by atoms with Crippen LogP contribution in [0.15, 0.2) is 24.3 Å². The van der Waals surface area contributed by atoms with Crippen LogP contribution in [0.4, 0.5) is 0 Å². The van der Waals surface area contributed by atoms with Crippen molar-refractivity contribution in [3.8, 4) is 5.75 Å². The molecule has 0 bridgehead atoms. The van der Waals surface area contributed by atoms with Gasteiger partial charge in [-0.3, -0.25) is 0 Å². The van der Waals surface area contributed by atoms with Crippen molar-refractivity contribution in [2.45, 2.75) is 52.2 Å². The van der Waals surface area contributed by atoms with Gasteiger partial charge >= 0.3 is 0 Å². The predicted molar refractivity (Wildman–Crippen MR) is 68.7 cm³/mol. The molecule has 0 amide bonds. The van der Waals surface area contributed by atoms with Crippen LogP contribution in [-0.4, -0.2) is 5.60 Å². The summed E-state index contributed by atoms with van der Waals surface area (Å²) in [6, 6.07) is 8.24. The van der Waals surface area contributed by atoms with E-state index in [1.807, 2.05) is 12.1 Å². The molecule has 0 radical (unpaired) electrons. The summed E-state index contributed by atoms with van der Waals surface area (Å²) in [7, 11) is 0. The van der Waals surface area contributed by atoms with Crippen molar-refractivity contribution >= 4 is 0 Å². The molecule has 0 aliphatic carbocycles. The van der Waals surface area contributed by atoms with E-state index >= 15 is 0 Å². The molecule has 1 aromatic carbocycles. The molecule has 0 aliphatic rings. The number of benzene rings is 1. The third kappa shape index (κ3) is 3.53. The topological polar surface area (TPSA) is 35.2 Å². The fraction of sp³-hybridized carbons (Fsp3) is 0.571. The Bertz CT molecular complexity index is 316. The number of nitrogens with two attached hydrogens (primary N) is 1. The Hall–Kier alpha value is -1.02. The van der Waals surface area contributed by atoms with E-state index in [0.29, 0.717) is 0 Å². The fourth-order valence-electron chi connectivity index (χ4n) is 1.41. The van der Waals surface area contributed by atoms with Crippen molar-refractivity contribution in [2.75, 3.05) is 0 Å². The van der Waals surface area contributed by atoms with Gasteiger partial charge in [-0.05, 0) is 44.4 Å². The lowest BCUT2D eigenvalue weighted by Gasteiger charge is -2.25. The summed E-state index contributed by atoms with van der Waals surface area (Å²) in [5, 5.41) is 0. The molecule has 16 heavy (non-hydrogen) atoms. The maximum Gasteiger partial charge on any atom is 0.120 e. The molecule has 1 atom stereocenters. The summed E-state index contributed by atoms with van der Waals surface area (Å²) in [4.78, 5) is 0. The number of hydrogen-bond donors (Lipinski definition) is 1. The first-order chi connectivity index (χ1) is 7.48. The standard InChI is InChI=1S/C14H23NO/c1-5-13(15)11-7-9-12(10-8-11)16-14(3,4)6-2/h7-10,13H,5-6,15H2,1-4H3. The molecule has 0 saturated carbocycles. The average molecular weight is 221 g/mol. The molecule has 2 heteroatoms.